The third-order valence-electron chi connectivity index (χ3n) is 2.09. The average Bonchev–Trinajstić information content (AvgIpc) is 2.67. The van der Waals surface area contributed by atoms with E-state index in [2.05, 4.69) is 14.5 Å². The Morgan fingerprint density at radius 2 is 2.10 bits per heavy atom. The smallest absolute Gasteiger partial charge is 0.368 e. The molecule has 2 rings (SSSR count). The van der Waals surface area contributed by atoms with Crippen molar-refractivity contribution in [2.45, 2.75) is 11.2 Å². The van der Waals surface area contributed by atoms with Crippen LogP contribution in [0.2, 0.25) is 5.15 Å². The van der Waals surface area contributed by atoms with E-state index < -0.39 is 11.9 Å². The minimum atomic E-state index is -4.59. The van der Waals surface area contributed by atoms with Crippen LogP contribution in [0.3, 0.4) is 0 Å². The number of hydrogen-bond acceptors (Lipinski definition) is 4. The molecule has 0 radical (unpaired) electrons. The normalized spacial score (nSPS) is 12.5. The molecule has 0 spiro atoms. The number of fused-ring (bicyclic) bond motifs is 1. The maximum absolute atomic E-state index is 13.0. The number of aromatic nitrogens is 3. The first-order valence-corrected chi connectivity index (χ1v) is 6.43. The Morgan fingerprint density at radius 1 is 1.40 bits per heavy atom. The highest BCUT2D eigenvalue weighted by molar-refractivity contribution is 7.98. The molecule has 0 aliphatic rings. The van der Waals surface area contributed by atoms with Gasteiger partial charge in [0.05, 0.1) is 6.34 Å². The van der Waals surface area contributed by atoms with Gasteiger partial charge in [0.25, 0.3) is 0 Å². The predicted octanol–water partition coefficient (Wildman–Crippen LogP) is 3.00. The Labute approximate surface area is 121 Å². The average molecular weight is 324 g/mol. The summed E-state index contributed by atoms with van der Waals surface area (Å²) in [5.41, 5.74) is -0.975. The molecule has 0 aliphatic carbocycles. The van der Waals surface area contributed by atoms with Crippen LogP contribution in [0.15, 0.2) is 21.6 Å². The standard InChI is InChI=1S/C10H9ClF3N5S/c1-18(2)5-15-20-9-8(10(12,13)14)16-7-4-3-6(11)17-19(7)9/h3-5H,1-2H3. The van der Waals surface area contributed by atoms with E-state index in [9.17, 15) is 13.2 Å². The SMILES string of the molecule is CN(C)C=NSc1c(C(F)(F)F)nc2ccc(Cl)nn12. The summed E-state index contributed by atoms with van der Waals surface area (Å²) in [4.78, 5) is 5.13. The van der Waals surface area contributed by atoms with Crippen molar-refractivity contribution in [3.05, 3.63) is 23.0 Å². The summed E-state index contributed by atoms with van der Waals surface area (Å²) in [6.45, 7) is 0. The quantitative estimate of drug-likeness (QED) is 0.495. The Balaban J connectivity index is 2.54. The Morgan fingerprint density at radius 3 is 2.70 bits per heavy atom. The number of halogens is 4. The molecule has 0 atom stereocenters. The van der Waals surface area contributed by atoms with Gasteiger partial charge in [-0.2, -0.15) is 18.3 Å². The van der Waals surface area contributed by atoms with E-state index in [1.807, 2.05) is 0 Å². The van der Waals surface area contributed by atoms with Crippen molar-refractivity contribution in [3.63, 3.8) is 0 Å². The molecule has 0 fully saturated rings. The molecule has 2 aromatic heterocycles. The van der Waals surface area contributed by atoms with Gasteiger partial charge in [0, 0.05) is 26.0 Å². The lowest BCUT2D eigenvalue weighted by molar-refractivity contribution is -0.143. The second-order valence-electron chi connectivity index (χ2n) is 3.97. The first-order chi connectivity index (χ1) is 9.29. The highest BCUT2D eigenvalue weighted by atomic mass is 35.5. The monoisotopic (exact) mass is 323 g/mol. The summed E-state index contributed by atoms with van der Waals surface area (Å²) >= 11 is 6.34. The summed E-state index contributed by atoms with van der Waals surface area (Å²) < 4.78 is 43.8. The molecule has 0 saturated carbocycles. The van der Waals surface area contributed by atoms with Gasteiger partial charge in [-0.1, -0.05) is 11.6 Å². The minimum Gasteiger partial charge on any atom is -0.368 e. The molecule has 0 bridgehead atoms. The summed E-state index contributed by atoms with van der Waals surface area (Å²) in [6, 6.07) is 2.74. The van der Waals surface area contributed by atoms with Crippen molar-refractivity contribution in [1.29, 1.82) is 0 Å². The van der Waals surface area contributed by atoms with Crippen LogP contribution in [0.1, 0.15) is 5.69 Å². The largest absolute Gasteiger partial charge is 0.436 e. The molecule has 20 heavy (non-hydrogen) atoms. The Kier molecular flexibility index (Phi) is 4.09. The van der Waals surface area contributed by atoms with E-state index >= 15 is 0 Å². The van der Waals surface area contributed by atoms with Crippen LogP contribution in [0.4, 0.5) is 13.2 Å². The van der Waals surface area contributed by atoms with Crippen LogP contribution in [-0.2, 0) is 6.18 Å². The van der Waals surface area contributed by atoms with E-state index in [0.29, 0.717) is 11.9 Å². The van der Waals surface area contributed by atoms with Gasteiger partial charge in [-0.25, -0.2) is 13.9 Å². The van der Waals surface area contributed by atoms with Crippen LogP contribution in [-0.4, -0.2) is 39.9 Å². The van der Waals surface area contributed by atoms with Gasteiger partial charge < -0.3 is 4.90 Å². The number of alkyl halides is 3. The minimum absolute atomic E-state index is 0.0595. The second kappa shape index (κ2) is 5.49. The molecular weight excluding hydrogens is 315 g/mol. The predicted molar refractivity (Wildman–Crippen MR) is 71.0 cm³/mol. The maximum Gasteiger partial charge on any atom is 0.436 e. The van der Waals surface area contributed by atoms with Crippen molar-refractivity contribution < 1.29 is 13.2 Å². The van der Waals surface area contributed by atoms with Crippen molar-refractivity contribution in [2.24, 2.45) is 4.40 Å². The first-order valence-electron chi connectivity index (χ1n) is 5.28. The van der Waals surface area contributed by atoms with Crippen LogP contribution in [0.5, 0.6) is 0 Å². The van der Waals surface area contributed by atoms with Gasteiger partial charge in [-0.05, 0) is 12.1 Å². The third kappa shape index (κ3) is 3.15. The number of imidazole rings is 1. The molecular formula is C10H9ClF3N5S. The molecule has 5 nitrogen and oxygen atoms in total. The van der Waals surface area contributed by atoms with Crippen molar-refractivity contribution >= 4 is 35.5 Å². The lowest BCUT2D eigenvalue weighted by Crippen LogP contribution is -2.08. The van der Waals surface area contributed by atoms with Gasteiger partial charge >= 0.3 is 6.18 Å². The first kappa shape index (κ1) is 14.9. The van der Waals surface area contributed by atoms with Crippen LogP contribution >= 0.6 is 23.5 Å². The van der Waals surface area contributed by atoms with Crippen LogP contribution < -0.4 is 0 Å². The summed E-state index contributed by atoms with van der Waals surface area (Å²) in [5, 5.41) is 3.66. The Hall–Kier alpha value is -1.48. The lowest BCUT2D eigenvalue weighted by atomic mass is 10.5. The van der Waals surface area contributed by atoms with E-state index in [1.165, 1.54) is 18.5 Å². The molecule has 0 aromatic carbocycles. The van der Waals surface area contributed by atoms with E-state index in [-0.39, 0.29) is 15.8 Å². The third-order valence-corrected chi connectivity index (χ3v) is 3.03. The summed E-state index contributed by atoms with van der Waals surface area (Å²) in [5.74, 6) is 0. The summed E-state index contributed by atoms with van der Waals surface area (Å²) in [6.07, 6.45) is -3.20. The van der Waals surface area contributed by atoms with E-state index in [1.54, 1.807) is 19.0 Å². The van der Waals surface area contributed by atoms with Crippen LogP contribution in [0.25, 0.3) is 5.65 Å². The zero-order valence-corrected chi connectivity index (χ0v) is 12.0. The highest BCUT2D eigenvalue weighted by Gasteiger charge is 2.38. The van der Waals surface area contributed by atoms with E-state index in [0.717, 1.165) is 4.52 Å². The molecule has 0 saturated heterocycles. The molecule has 0 unspecified atom stereocenters. The maximum atomic E-state index is 13.0. The molecule has 108 valence electrons. The molecule has 0 N–H and O–H groups in total. The topological polar surface area (TPSA) is 45.8 Å². The fraction of sp³-hybridized carbons (Fsp3) is 0.300. The second-order valence-corrected chi connectivity index (χ2v) is 5.13. The lowest BCUT2D eigenvalue weighted by Gasteiger charge is -2.05. The van der Waals surface area contributed by atoms with Gasteiger partial charge in [-0.15, -0.1) is 0 Å². The summed E-state index contributed by atoms with van der Waals surface area (Å²) in [7, 11) is 3.41. The van der Waals surface area contributed by atoms with Gasteiger partial charge in [0.1, 0.15) is 5.15 Å². The van der Waals surface area contributed by atoms with Crippen molar-refractivity contribution in [1.82, 2.24) is 19.5 Å². The number of rotatable bonds is 3. The molecule has 2 heterocycles. The van der Waals surface area contributed by atoms with E-state index in [4.69, 9.17) is 11.6 Å². The van der Waals surface area contributed by atoms with Crippen LogP contribution in [0, 0.1) is 0 Å². The van der Waals surface area contributed by atoms with Gasteiger partial charge in [0.2, 0.25) is 0 Å². The van der Waals surface area contributed by atoms with Crippen molar-refractivity contribution in [3.8, 4) is 0 Å². The Bertz CT molecular complexity index is 652. The fourth-order valence-corrected chi connectivity index (χ4v) is 2.26. The number of hydrogen-bond donors (Lipinski definition) is 0. The molecule has 0 aliphatic heterocycles. The zero-order chi connectivity index (χ0) is 14.9. The molecule has 0 amide bonds. The van der Waals surface area contributed by atoms with Crippen molar-refractivity contribution in [2.75, 3.05) is 14.1 Å². The van der Waals surface area contributed by atoms with Gasteiger partial charge in [-0.3, -0.25) is 0 Å². The highest BCUT2D eigenvalue weighted by Crippen LogP contribution is 2.36. The van der Waals surface area contributed by atoms with Gasteiger partial charge in [0.15, 0.2) is 16.4 Å². The fourth-order valence-electron chi connectivity index (χ4n) is 1.33. The molecule has 2 aromatic rings. The zero-order valence-electron chi connectivity index (χ0n) is 10.4. The number of nitrogens with zero attached hydrogens (tertiary/aromatic N) is 5. The molecule has 10 heteroatoms.